The Morgan fingerprint density at radius 2 is 1.05 bits per heavy atom. The molecule has 2 aromatic heterocycles. The number of fused-ring (bicyclic) bond motifs is 7. The number of aromatic nitrogens is 2. The Morgan fingerprint density at radius 1 is 0.421 bits per heavy atom. The molecule has 2 heteroatoms. The van der Waals surface area contributed by atoms with Crippen LogP contribution in [0.2, 0.25) is 0 Å². The van der Waals surface area contributed by atoms with Gasteiger partial charge in [-0.1, -0.05) is 121 Å². The van der Waals surface area contributed by atoms with E-state index in [1.165, 1.54) is 66.0 Å². The van der Waals surface area contributed by atoms with Gasteiger partial charge >= 0.3 is 0 Å². The molecule has 0 aliphatic carbocycles. The number of nitrogens with one attached hydrogen (secondary N) is 1. The summed E-state index contributed by atoms with van der Waals surface area (Å²) in [7, 11) is 0. The lowest BCUT2D eigenvalue weighted by Gasteiger charge is -2.17. The second kappa shape index (κ2) is 8.22. The highest BCUT2D eigenvalue weighted by atomic mass is 15.0. The van der Waals surface area contributed by atoms with Crippen LogP contribution >= 0.6 is 0 Å². The summed E-state index contributed by atoms with van der Waals surface area (Å²) >= 11 is 0. The largest absolute Gasteiger partial charge is 0.353 e. The standard InChI is InChI=1S/C36H24N2/c1-2-12-24(13-3-1)25-14-4-5-15-26(25)28-17-7-10-20-33(28)38-34-21-11-8-18-29(34)31-23-22-30-27-16-6-9-19-32(27)37-35(30)36(31)38/h1-23,37H. The van der Waals surface area contributed by atoms with Crippen LogP contribution in [0.3, 0.4) is 0 Å². The molecule has 178 valence electrons. The molecule has 0 fully saturated rings. The molecule has 0 unspecified atom stereocenters. The van der Waals surface area contributed by atoms with Gasteiger partial charge in [0.05, 0.1) is 22.2 Å². The molecule has 0 amide bonds. The van der Waals surface area contributed by atoms with E-state index in [0.717, 1.165) is 5.52 Å². The Bertz CT molecular complexity index is 2130. The number of aromatic amines is 1. The van der Waals surface area contributed by atoms with Crippen LogP contribution in [0.1, 0.15) is 0 Å². The van der Waals surface area contributed by atoms with Crippen molar-refractivity contribution in [1.82, 2.24) is 9.55 Å². The first kappa shape index (κ1) is 21.0. The van der Waals surface area contributed by atoms with Crippen molar-refractivity contribution in [2.24, 2.45) is 0 Å². The van der Waals surface area contributed by atoms with E-state index in [4.69, 9.17) is 0 Å². The molecule has 0 radical (unpaired) electrons. The molecule has 0 aliphatic heterocycles. The van der Waals surface area contributed by atoms with Crippen molar-refractivity contribution >= 4 is 43.6 Å². The van der Waals surface area contributed by atoms with Gasteiger partial charge < -0.3 is 9.55 Å². The van der Waals surface area contributed by atoms with Gasteiger partial charge in [-0.3, -0.25) is 0 Å². The van der Waals surface area contributed by atoms with Crippen LogP contribution in [0.4, 0.5) is 0 Å². The second-order valence-corrected chi connectivity index (χ2v) is 9.84. The van der Waals surface area contributed by atoms with Crippen molar-refractivity contribution in [2.45, 2.75) is 0 Å². The fourth-order valence-corrected chi connectivity index (χ4v) is 6.10. The Balaban J connectivity index is 1.51. The number of para-hydroxylation sites is 3. The summed E-state index contributed by atoms with van der Waals surface area (Å²) in [6, 6.07) is 50.1. The van der Waals surface area contributed by atoms with Gasteiger partial charge in [-0.15, -0.1) is 0 Å². The summed E-state index contributed by atoms with van der Waals surface area (Å²) in [4.78, 5) is 3.77. The van der Waals surface area contributed by atoms with Crippen molar-refractivity contribution in [3.8, 4) is 27.9 Å². The van der Waals surface area contributed by atoms with Crippen LogP contribution in [0.15, 0.2) is 140 Å². The lowest BCUT2D eigenvalue weighted by atomic mass is 9.93. The Hall–Kier alpha value is -5.08. The van der Waals surface area contributed by atoms with Gasteiger partial charge in [0, 0.05) is 32.6 Å². The maximum atomic E-state index is 3.77. The summed E-state index contributed by atoms with van der Waals surface area (Å²) in [6.07, 6.45) is 0. The van der Waals surface area contributed by atoms with E-state index < -0.39 is 0 Å². The van der Waals surface area contributed by atoms with E-state index in [0.29, 0.717) is 0 Å². The monoisotopic (exact) mass is 484 g/mol. The van der Waals surface area contributed by atoms with Gasteiger partial charge in [0.25, 0.3) is 0 Å². The molecule has 8 aromatic rings. The number of nitrogens with zero attached hydrogens (tertiary/aromatic N) is 1. The maximum Gasteiger partial charge on any atom is 0.0783 e. The average Bonchev–Trinajstić information content (AvgIpc) is 3.54. The summed E-state index contributed by atoms with van der Waals surface area (Å²) in [5.41, 5.74) is 10.8. The van der Waals surface area contributed by atoms with Gasteiger partial charge in [-0.05, 0) is 34.9 Å². The third-order valence-corrected chi connectivity index (χ3v) is 7.76. The van der Waals surface area contributed by atoms with Gasteiger partial charge in [-0.25, -0.2) is 0 Å². The number of hydrogen-bond donors (Lipinski definition) is 1. The molecular formula is C36H24N2. The van der Waals surface area contributed by atoms with E-state index >= 15 is 0 Å². The smallest absolute Gasteiger partial charge is 0.0783 e. The molecule has 0 bridgehead atoms. The zero-order valence-corrected chi connectivity index (χ0v) is 20.7. The molecule has 2 heterocycles. The molecule has 38 heavy (non-hydrogen) atoms. The zero-order chi connectivity index (χ0) is 25.1. The van der Waals surface area contributed by atoms with Crippen molar-refractivity contribution in [2.75, 3.05) is 0 Å². The molecule has 2 nitrogen and oxygen atoms in total. The lowest BCUT2D eigenvalue weighted by Crippen LogP contribution is -1.98. The molecule has 0 atom stereocenters. The minimum atomic E-state index is 1.16. The predicted octanol–water partition coefficient (Wildman–Crippen LogP) is 9.75. The summed E-state index contributed by atoms with van der Waals surface area (Å²) in [6.45, 7) is 0. The third kappa shape index (κ3) is 3.01. The van der Waals surface area contributed by atoms with Crippen molar-refractivity contribution in [3.63, 3.8) is 0 Å². The van der Waals surface area contributed by atoms with E-state index in [9.17, 15) is 0 Å². The van der Waals surface area contributed by atoms with Crippen LogP contribution in [0, 0.1) is 0 Å². The van der Waals surface area contributed by atoms with E-state index in [1.807, 2.05) is 0 Å². The molecule has 0 saturated heterocycles. The van der Waals surface area contributed by atoms with Gasteiger partial charge in [-0.2, -0.15) is 0 Å². The van der Waals surface area contributed by atoms with Crippen molar-refractivity contribution in [1.29, 1.82) is 0 Å². The normalized spacial score (nSPS) is 11.7. The number of H-pyrrole nitrogens is 1. The lowest BCUT2D eigenvalue weighted by molar-refractivity contribution is 1.18. The minimum absolute atomic E-state index is 1.16. The highest BCUT2D eigenvalue weighted by molar-refractivity contribution is 6.23. The third-order valence-electron chi connectivity index (χ3n) is 7.76. The van der Waals surface area contributed by atoms with Crippen LogP contribution in [0.25, 0.3) is 71.6 Å². The fraction of sp³-hybridized carbons (Fsp3) is 0. The Kier molecular flexibility index (Phi) is 4.55. The van der Waals surface area contributed by atoms with Gasteiger partial charge in [0.15, 0.2) is 0 Å². The Labute approximate surface area is 220 Å². The maximum absolute atomic E-state index is 3.77. The van der Waals surface area contributed by atoms with Crippen LogP contribution in [-0.2, 0) is 0 Å². The number of rotatable bonds is 3. The second-order valence-electron chi connectivity index (χ2n) is 9.84. The summed E-state index contributed by atoms with van der Waals surface area (Å²) < 4.78 is 2.46. The predicted molar refractivity (Wildman–Crippen MR) is 161 cm³/mol. The SMILES string of the molecule is c1ccc(-c2ccccc2-c2ccccc2-n2c3ccccc3c3ccc4c5ccccc5[nH]c4c32)cc1. The Morgan fingerprint density at radius 3 is 1.92 bits per heavy atom. The van der Waals surface area contributed by atoms with E-state index in [1.54, 1.807) is 0 Å². The molecule has 1 N–H and O–H groups in total. The van der Waals surface area contributed by atoms with Crippen LogP contribution in [-0.4, -0.2) is 9.55 Å². The molecular weight excluding hydrogens is 460 g/mol. The minimum Gasteiger partial charge on any atom is -0.353 e. The highest BCUT2D eigenvalue weighted by Gasteiger charge is 2.20. The number of benzene rings is 6. The number of hydrogen-bond acceptors (Lipinski definition) is 0. The van der Waals surface area contributed by atoms with E-state index in [2.05, 4.69) is 149 Å². The van der Waals surface area contributed by atoms with Gasteiger partial charge in [0.1, 0.15) is 0 Å². The summed E-state index contributed by atoms with van der Waals surface area (Å²) in [5.74, 6) is 0. The average molecular weight is 485 g/mol. The first-order valence-corrected chi connectivity index (χ1v) is 13.1. The molecule has 0 aliphatic rings. The zero-order valence-electron chi connectivity index (χ0n) is 20.7. The molecule has 6 aromatic carbocycles. The highest BCUT2D eigenvalue weighted by Crippen LogP contribution is 2.42. The van der Waals surface area contributed by atoms with Crippen molar-refractivity contribution in [3.05, 3.63) is 140 Å². The van der Waals surface area contributed by atoms with Gasteiger partial charge in [0.2, 0.25) is 0 Å². The van der Waals surface area contributed by atoms with Crippen molar-refractivity contribution < 1.29 is 0 Å². The quantitative estimate of drug-likeness (QED) is 0.258. The topological polar surface area (TPSA) is 20.7 Å². The van der Waals surface area contributed by atoms with Crippen LogP contribution < -0.4 is 0 Å². The summed E-state index contributed by atoms with van der Waals surface area (Å²) in [5, 5.41) is 5.02. The molecule has 0 saturated carbocycles. The first-order valence-electron chi connectivity index (χ1n) is 13.1. The van der Waals surface area contributed by atoms with E-state index in [-0.39, 0.29) is 0 Å². The van der Waals surface area contributed by atoms with Crippen LogP contribution in [0.5, 0.6) is 0 Å². The fourth-order valence-electron chi connectivity index (χ4n) is 6.10. The first-order chi connectivity index (χ1) is 18.9. The molecule has 8 rings (SSSR count). The molecule has 0 spiro atoms.